The van der Waals surface area contributed by atoms with Gasteiger partial charge in [0.2, 0.25) is 0 Å². The summed E-state index contributed by atoms with van der Waals surface area (Å²) in [6, 6.07) is 8.41. The maximum Gasteiger partial charge on any atom is 0.123 e. The molecule has 4 heteroatoms. The van der Waals surface area contributed by atoms with Gasteiger partial charge in [0.15, 0.2) is 0 Å². The Morgan fingerprint density at radius 2 is 1.82 bits per heavy atom. The lowest BCUT2D eigenvalue weighted by molar-refractivity contribution is 0.627. The fourth-order valence-corrected chi connectivity index (χ4v) is 1.48. The second-order valence-electron chi connectivity index (χ2n) is 3.69. The molecule has 17 heavy (non-hydrogen) atoms. The zero-order valence-electron chi connectivity index (χ0n) is 9.57. The van der Waals surface area contributed by atoms with Crippen LogP contribution in [0.2, 0.25) is 0 Å². The third-order valence-electron chi connectivity index (χ3n) is 2.44. The van der Waals surface area contributed by atoms with Crippen LogP contribution in [-0.2, 0) is 6.54 Å². The monoisotopic (exact) mass is 231 g/mol. The summed E-state index contributed by atoms with van der Waals surface area (Å²) in [6.07, 6.45) is 3.51. The van der Waals surface area contributed by atoms with Gasteiger partial charge in [0.1, 0.15) is 5.82 Å². The molecular formula is C13H14FN3. The Balaban J connectivity index is 1.99. The van der Waals surface area contributed by atoms with E-state index in [1.54, 1.807) is 24.5 Å². The molecule has 2 N–H and O–H groups in total. The van der Waals surface area contributed by atoms with Crippen LogP contribution in [0.3, 0.4) is 0 Å². The lowest BCUT2D eigenvalue weighted by Crippen LogP contribution is -2.00. The molecule has 1 heterocycles. The van der Waals surface area contributed by atoms with E-state index >= 15 is 0 Å². The normalized spacial score (nSPS) is 10.0. The SMILES string of the molecule is CNc1cncc(NCc2ccc(F)cc2)c1. The summed E-state index contributed by atoms with van der Waals surface area (Å²) in [7, 11) is 1.85. The third kappa shape index (κ3) is 3.17. The maximum atomic E-state index is 12.7. The van der Waals surface area contributed by atoms with Gasteiger partial charge in [0, 0.05) is 13.6 Å². The van der Waals surface area contributed by atoms with Crippen molar-refractivity contribution in [1.29, 1.82) is 0 Å². The molecule has 2 rings (SSSR count). The van der Waals surface area contributed by atoms with Gasteiger partial charge in [-0.1, -0.05) is 12.1 Å². The van der Waals surface area contributed by atoms with Gasteiger partial charge in [0.05, 0.1) is 23.8 Å². The van der Waals surface area contributed by atoms with Crippen molar-refractivity contribution in [1.82, 2.24) is 4.98 Å². The molecule has 0 saturated carbocycles. The maximum absolute atomic E-state index is 12.7. The number of hydrogen-bond acceptors (Lipinski definition) is 3. The summed E-state index contributed by atoms with van der Waals surface area (Å²) >= 11 is 0. The van der Waals surface area contributed by atoms with Crippen LogP contribution in [0.5, 0.6) is 0 Å². The van der Waals surface area contributed by atoms with E-state index < -0.39 is 0 Å². The molecule has 0 atom stereocenters. The average Bonchev–Trinajstić information content (AvgIpc) is 2.38. The topological polar surface area (TPSA) is 37.0 Å². The Morgan fingerprint density at radius 3 is 2.53 bits per heavy atom. The minimum atomic E-state index is -0.215. The van der Waals surface area contributed by atoms with E-state index in [1.165, 1.54) is 12.1 Å². The minimum Gasteiger partial charge on any atom is -0.387 e. The second kappa shape index (κ2) is 5.30. The van der Waals surface area contributed by atoms with Crippen molar-refractivity contribution >= 4 is 11.4 Å². The van der Waals surface area contributed by atoms with Crippen molar-refractivity contribution in [3.63, 3.8) is 0 Å². The first kappa shape index (κ1) is 11.4. The van der Waals surface area contributed by atoms with Crippen LogP contribution >= 0.6 is 0 Å². The van der Waals surface area contributed by atoms with Gasteiger partial charge in [-0.3, -0.25) is 4.98 Å². The van der Waals surface area contributed by atoms with Crippen molar-refractivity contribution < 1.29 is 4.39 Å². The Labute approximate surface area is 99.7 Å². The number of aromatic nitrogens is 1. The molecule has 0 saturated heterocycles. The summed E-state index contributed by atoms with van der Waals surface area (Å²) in [4.78, 5) is 4.10. The van der Waals surface area contributed by atoms with Gasteiger partial charge < -0.3 is 10.6 Å². The summed E-state index contributed by atoms with van der Waals surface area (Å²) < 4.78 is 12.7. The predicted molar refractivity (Wildman–Crippen MR) is 67.5 cm³/mol. The van der Waals surface area contributed by atoms with Crippen molar-refractivity contribution in [2.45, 2.75) is 6.54 Å². The van der Waals surface area contributed by atoms with E-state index in [0.717, 1.165) is 16.9 Å². The van der Waals surface area contributed by atoms with Gasteiger partial charge >= 0.3 is 0 Å². The fourth-order valence-electron chi connectivity index (χ4n) is 1.48. The van der Waals surface area contributed by atoms with Crippen LogP contribution < -0.4 is 10.6 Å². The first-order valence-electron chi connectivity index (χ1n) is 5.39. The molecule has 0 aliphatic carbocycles. The number of hydrogen-bond donors (Lipinski definition) is 2. The Kier molecular flexibility index (Phi) is 3.55. The van der Waals surface area contributed by atoms with E-state index in [9.17, 15) is 4.39 Å². The van der Waals surface area contributed by atoms with Gasteiger partial charge in [0.25, 0.3) is 0 Å². The summed E-state index contributed by atoms with van der Waals surface area (Å²) in [5.74, 6) is -0.215. The Bertz CT molecular complexity index is 482. The van der Waals surface area contributed by atoms with Crippen molar-refractivity contribution in [3.05, 3.63) is 54.1 Å². The molecule has 88 valence electrons. The standard InChI is InChI=1S/C13H14FN3/c1-15-12-6-13(9-16-8-12)17-7-10-2-4-11(14)5-3-10/h2-6,8-9,15,17H,7H2,1H3. The largest absolute Gasteiger partial charge is 0.387 e. The molecule has 1 aromatic carbocycles. The lowest BCUT2D eigenvalue weighted by atomic mass is 10.2. The lowest BCUT2D eigenvalue weighted by Gasteiger charge is -2.07. The molecule has 0 bridgehead atoms. The van der Waals surface area contributed by atoms with E-state index in [2.05, 4.69) is 15.6 Å². The zero-order chi connectivity index (χ0) is 12.1. The molecule has 2 aromatic rings. The van der Waals surface area contributed by atoms with Crippen LogP contribution in [0.1, 0.15) is 5.56 Å². The number of halogens is 1. The summed E-state index contributed by atoms with van der Waals surface area (Å²) in [5.41, 5.74) is 2.91. The third-order valence-corrected chi connectivity index (χ3v) is 2.44. The molecule has 0 amide bonds. The second-order valence-corrected chi connectivity index (χ2v) is 3.69. The van der Waals surface area contributed by atoms with E-state index in [0.29, 0.717) is 6.54 Å². The molecule has 1 aromatic heterocycles. The Morgan fingerprint density at radius 1 is 1.12 bits per heavy atom. The molecule has 0 radical (unpaired) electrons. The highest BCUT2D eigenvalue weighted by atomic mass is 19.1. The van der Waals surface area contributed by atoms with Crippen LogP contribution in [0.25, 0.3) is 0 Å². The van der Waals surface area contributed by atoms with Crippen LogP contribution in [0, 0.1) is 5.82 Å². The highest BCUT2D eigenvalue weighted by Crippen LogP contribution is 2.13. The summed E-state index contributed by atoms with van der Waals surface area (Å²) in [6.45, 7) is 0.648. The van der Waals surface area contributed by atoms with Gasteiger partial charge in [-0.15, -0.1) is 0 Å². The highest BCUT2D eigenvalue weighted by molar-refractivity contribution is 5.53. The van der Waals surface area contributed by atoms with Crippen molar-refractivity contribution in [2.75, 3.05) is 17.7 Å². The predicted octanol–water partition coefficient (Wildman–Crippen LogP) is 2.87. The van der Waals surface area contributed by atoms with Crippen molar-refractivity contribution in [2.24, 2.45) is 0 Å². The highest BCUT2D eigenvalue weighted by Gasteiger charge is 1.96. The molecule has 0 aliphatic rings. The molecule has 3 nitrogen and oxygen atoms in total. The summed E-state index contributed by atoms with van der Waals surface area (Å²) in [5, 5.41) is 6.25. The molecule has 0 spiro atoms. The number of nitrogens with zero attached hydrogens (tertiary/aromatic N) is 1. The van der Waals surface area contributed by atoms with Gasteiger partial charge in [-0.25, -0.2) is 4.39 Å². The first-order chi connectivity index (χ1) is 8.28. The zero-order valence-corrected chi connectivity index (χ0v) is 9.57. The molecular weight excluding hydrogens is 217 g/mol. The van der Waals surface area contributed by atoms with Crippen LogP contribution in [0.4, 0.5) is 15.8 Å². The Hall–Kier alpha value is -2.10. The van der Waals surface area contributed by atoms with Crippen molar-refractivity contribution in [3.8, 4) is 0 Å². The van der Waals surface area contributed by atoms with E-state index in [4.69, 9.17) is 0 Å². The quantitative estimate of drug-likeness (QED) is 0.849. The molecule has 0 aliphatic heterocycles. The average molecular weight is 231 g/mol. The molecule has 0 unspecified atom stereocenters. The van der Waals surface area contributed by atoms with E-state index in [1.807, 2.05) is 13.1 Å². The van der Waals surface area contributed by atoms with E-state index in [-0.39, 0.29) is 5.82 Å². The number of anilines is 2. The molecule has 0 fully saturated rings. The number of benzene rings is 1. The minimum absolute atomic E-state index is 0.215. The first-order valence-corrected chi connectivity index (χ1v) is 5.39. The number of nitrogens with one attached hydrogen (secondary N) is 2. The smallest absolute Gasteiger partial charge is 0.123 e. The fraction of sp³-hybridized carbons (Fsp3) is 0.154. The van der Waals surface area contributed by atoms with Crippen LogP contribution in [0.15, 0.2) is 42.7 Å². The van der Waals surface area contributed by atoms with Crippen LogP contribution in [-0.4, -0.2) is 12.0 Å². The van der Waals surface area contributed by atoms with Gasteiger partial charge in [-0.05, 0) is 23.8 Å². The number of rotatable bonds is 4. The van der Waals surface area contributed by atoms with Gasteiger partial charge in [-0.2, -0.15) is 0 Å². The number of pyridine rings is 1.